The highest BCUT2D eigenvalue weighted by Crippen LogP contribution is 2.20. The maximum absolute atomic E-state index is 3.67. The molecule has 1 aromatic rings. The zero-order chi connectivity index (χ0) is 14.9. The molecule has 2 unspecified atom stereocenters. The number of piperidine rings is 1. The topological polar surface area (TPSA) is 15.3 Å². The predicted molar refractivity (Wildman–Crippen MR) is 91.7 cm³/mol. The molecule has 0 aromatic heterocycles. The molecule has 21 heavy (non-hydrogen) atoms. The van der Waals surface area contributed by atoms with Crippen molar-refractivity contribution in [2.24, 2.45) is 5.92 Å². The standard InChI is InChI=1S/C19H32N2/c1-3-18-16-21(15-13-19(18)20-4-2)14-9-8-12-17-10-6-5-7-11-17/h5-7,10-11,18-20H,3-4,8-9,12-16H2,1-2H3. The van der Waals surface area contributed by atoms with Crippen LogP contribution < -0.4 is 5.32 Å². The van der Waals surface area contributed by atoms with Gasteiger partial charge in [-0.1, -0.05) is 50.6 Å². The summed E-state index contributed by atoms with van der Waals surface area (Å²) in [5.74, 6) is 0.841. The second kappa shape index (κ2) is 9.22. The smallest absolute Gasteiger partial charge is 0.0119 e. The zero-order valence-corrected chi connectivity index (χ0v) is 13.9. The third-order valence-electron chi connectivity index (χ3n) is 4.84. The maximum atomic E-state index is 3.67. The Morgan fingerprint density at radius 2 is 1.95 bits per heavy atom. The molecule has 0 bridgehead atoms. The molecule has 1 aliphatic heterocycles. The van der Waals surface area contributed by atoms with Crippen LogP contribution in [0.4, 0.5) is 0 Å². The van der Waals surface area contributed by atoms with Gasteiger partial charge < -0.3 is 10.2 Å². The van der Waals surface area contributed by atoms with Crippen LogP contribution in [0.2, 0.25) is 0 Å². The van der Waals surface area contributed by atoms with E-state index in [0.29, 0.717) is 0 Å². The number of hydrogen-bond donors (Lipinski definition) is 1. The minimum Gasteiger partial charge on any atom is -0.314 e. The van der Waals surface area contributed by atoms with Gasteiger partial charge in [0.2, 0.25) is 0 Å². The first-order valence-electron chi connectivity index (χ1n) is 8.83. The van der Waals surface area contributed by atoms with Gasteiger partial charge in [0.15, 0.2) is 0 Å². The molecule has 1 saturated heterocycles. The molecule has 118 valence electrons. The Morgan fingerprint density at radius 3 is 2.67 bits per heavy atom. The van der Waals surface area contributed by atoms with E-state index >= 15 is 0 Å². The Balaban J connectivity index is 1.65. The van der Waals surface area contributed by atoms with Crippen LogP contribution in [0.25, 0.3) is 0 Å². The van der Waals surface area contributed by atoms with Gasteiger partial charge >= 0.3 is 0 Å². The number of likely N-dealkylation sites (tertiary alicyclic amines) is 1. The lowest BCUT2D eigenvalue weighted by Crippen LogP contribution is -2.49. The molecular formula is C19H32N2. The largest absolute Gasteiger partial charge is 0.314 e. The third kappa shape index (κ3) is 5.44. The van der Waals surface area contributed by atoms with Crippen LogP contribution >= 0.6 is 0 Å². The Hall–Kier alpha value is -0.860. The highest BCUT2D eigenvalue weighted by atomic mass is 15.1. The van der Waals surface area contributed by atoms with E-state index in [9.17, 15) is 0 Å². The van der Waals surface area contributed by atoms with Crippen LogP contribution in [-0.4, -0.2) is 37.1 Å². The highest BCUT2D eigenvalue weighted by Gasteiger charge is 2.26. The van der Waals surface area contributed by atoms with Crippen molar-refractivity contribution in [3.63, 3.8) is 0 Å². The summed E-state index contributed by atoms with van der Waals surface area (Å²) in [5, 5.41) is 3.67. The fourth-order valence-corrected chi connectivity index (χ4v) is 3.56. The van der Waals surface area contributed by atoms with Crippen molar-refractivity contribution in [2.45, 2.75) is 52.0 Å². The van der Waals surface area contributed by atoms with Gasteiger partial charge in [-0.15, -0.1) is 0 Å². The van der Waals surface area contributed by atoms with Crippen molar-refractivity contribution in [3.05, 3.63) is 35.9 Å². The first-order valence-corrected chi connectivity index (χ1v) is 8.83. The maximum Gasteiger partial charge on any atom is 0.0119 e. The Bertz CT molecular complexity index is 376. The normalized spacial score (nSPS) is 23.3. The number of nitrogens with zero attached hydrogens (tertiary/aromatic N) is 1. The highest BCUT2D eigenvalue weighted by molar-refractivity contribution is 5.14. The number of hydrogen-bond acceptors (Lipinski definition) is 2. The fraction of sp³-hybridized carbons (Fsp3) is 0.684. The molecule has 2 atom stereocenters. The lowest BCUT2D eigenvalue weighted by Gasteiger charge is -2.38. The van der Waals surface area contributed by atoms with Gasteiger partial charge in [0.05, 0.1) is 0 Å². The summed E-state index contributed by atoms with van der Waals surface area (Å²) < 4.78 is 0. The van der Waals surface area contributed by atoms with Gasteiger partial charge in [0.25, 0.3) is 0 Å². The molecule has 0 aliphatic carbocycles. The molecule has 1 aromatic carbocycles. The van der Waals surface area contributed by atoms with E-state index in [0.717, 1.165) is 18.5 Å². The van der Waals surface area contributed by atoms with Crippen LogP contribution in [0.3, 0.4) is 0 Å². The number of benzene rings is 1. The Morgan fingerprint density at radius 1 is 1.14 bits per heavy atom. The van der Waals surface area contributed by atoms with Gasteiger partial charge in [-0.3, -0.25) is 0 Å². The van der Waals surface area contributed by atoms with Gasteiger partial charge in [0, 0.05) is 12.6 Å². The summed E-state index contributed by atoms with van der Waals surface area (Å²) in [4.78, 5) is 2.69. The molecule has 2 nitrogen and oxygen atoms in total. The molecule has 0 spiro atoms. The summed E-state index contributed by atoms with van der Waals surface area (Å²) in [6, 6.07) is 11.6. The molecule has 0 amide bonds. The third-order valence-corrected chi connectivity index (χ3v) is 4.84. The summed E-state index contributed by atoms with van der Waals surface area (Å²) in [5.41, 5.74) is 1.48. The fourth-order valence-electron chi connectivity index (χ4n) is 3.56. The van der Waals surface area contributed by atoms with E-state index in [2.05, 4.69) is 54.4 Å². The van der Waals surface area contributed by atoms with Crippen molar-refractivity contribution >= 4 is 0 Å². The van der Waals surface area contributed by atoms with Crippen molar-refractivity contribution in [3.8, 4) is 0 Å². The van der Waals surface area contributed by atoms with Crippen molar-refractivity contribution in [1.29, 1.82) is 0 Å². The Kier molecular flexibility index (Phi) is 7.25. The van der Waals surface area contributed by atoms with Crippen LogP contribution in [0.5, 0.6) is 0 Å². The minimum atomic E-state index is 0.751. The molecule has 0 saturated carbocycles. The van der Waals surface area contributed by atoms with Crippen LogP contribution in [-0.2, 0) is 6.42 Å². The van der Waals surface area contributed by atoms with Gasteiger partial charge in [-0.05, 0) is 56.8 Å². The molecule has 0 radical (unpaired) electrons. The van der Waals surface area contributed by atoms with Crippen LogP contribution in [0.15, 0.2) is 30.3 Å². The number of rotatable bonds is 8. The minimum absolute atomic E-state index is 0.751. The predicted octanol–water partition coefficient (Wildman–Crippen LogP) is 3.72. The first kappa shape index (κ1) is 16.5. The molecule has 2 rings (SSSR count). The van der Waals surface area contributed by atoms with Gasteiger partial charge in [-0.2, -0.15) is 0 Å². The van der Waals surface area contributed by atoms with E-state index in [1.165, 1.54) is 57.3 Å². The van der Waals surface area contributed by atoms with E-state index in [4.69, 9.17) is 0 Å². The van der Waals surface area contributed by atoms with Crippen molar-refractivity contribution < 1.29 is 0 Å². The molecule has 1 N–H and O–H groups in total. The number of unbranched alkanes of at least 4 members (excludes halogenated alkanes) is 1. The van der Waals surface area contributed by atoms with Crippen molar-refractivity contribution in [1.82, 2.24) is 10.2 Å². The quantitative estimate of drug-likeness (QED) is 0.733. The van der Waals surface area contributed by atoms with Crippen molar-refractivity contribution in [2.75, 3.05) is 26.2 Å². The summed E-state index contributed by atoms with van der Waals surface area (Å²) in [7, 11) is 0. The zero-order valence-electron chi connectivity index (χ0n) is 13.9. The molecule has 2 heteroatoms. The van der Waals surface area contributed by atoms with Crippen LogP contribution in [0, 0.1) is 5.92 Å². The van der Waals surface area contributed by atoms with Gasteiger partial charge in [-0.25, -0.2) is 0 Å². The lowest BCUT2D eigenvalue weighted by atomic mass is 9.89. The summed E-state index contributed by atoms with van der Waals surface area (Å²) in [6.07, 6.45) is 6.50. The monoisotopic (exact) mass is 288 g/mol. The first-order chi connectivity index (χ1) is 10.3. The SMILES string of the molecule is CCNC1CCN(CCCCc2ccccc2)CC1CC. The van der Waals surface area contributed by atoms with Gasteiger partial charge in [0.1, 0.15) is 0 Å². The second-order valence-corrected chi connectivity index (χ2v) is 6.36. The van der Waals surface area contributed by atoms with Crippen LogP contribution in [0.1, 0.15) is 45.1 Å². The van der Waals surface area contributed by atoms with E-state index in [1.807, 2.05) is 0 Å². The number of aryl methyl sites for hydroxylation is 1. The summed E-state index contributed by atoms with van der Waals surface area (Å²) in [6.45, 7) is 9.52. The molecule has 1 aliphatic rings. The number of nitrogens with one attached hydrogen (secondary N) is 1. The summed E-state index contributed by atoms with van der Waals surface area (Å²) >= 11 is 0. The van der Waals surface area contributed by atoms with E-state index < -0.39 is 0 Å². The average Bonchev–Trinajstić information content (AvgIpc) is 2.54. The molecule has 1 heterocycles. The molecule has 1 fully saturated rings. The van der Waals surface area contributed by atoms with E-state index in [1.54, 1.807) is 0 Å². The van der Waals surface area contributed by atoms with E-state index in [-0.39, 0.29) is 0 Å². The second-order valence-electron chi connectivity index (χ2n) is 6.36. The lowest BCUT2D eigenvalue weighted by molar-refractivity contribution is 0.134. The Labute approximate surface area is 130 Å². The average molecular weight is 288 g/mol. The molecular weight excluding hydrogens is 256 g/mol.